The lowest BCUT2D eigenvalue weighted by atomic mass is 10.1. The lowest BCUT2D eigenvalue weighted by molar-refractivity contribution is 0.0629. The van der Waals surface area contributed by atoms with Gasteiger partial charge in [-0.2, -0.15) is 8.42 Å². The van der Waals surface area contributed by atoms with E-state index in [1.165, 1.54) is 11.8 Å². The lowest BCUT2D eigenvalue weighted by Crippen LogP contribution is -2.57. The summed E-state index contributed by atoms with van der Waals surface area (Å²) in [6.07, 6.45) is 6.57. The zero-order valence-electron chi connectivity index (χ0n) is 18.4. The maximum Gasteiger partial charge on any atom is 0.264 e. The van der Waals surface area contributed by atoms with Crippen molar-refractivity contribution in [3.63, 3.8) is 0 Å². The Morgan fingerprint density at radius 2 is 2.03 bits per heavy atom. The Hall–Kier alpha value is -2.02. The van der Waals surface area contributed by atoms with E-state index in [2.05, 4.69) is 47.6 Å². The van der Waals surface area contributed by atoms with E-state index in [9.17, 15) is 13.2 Å². The molecule has 4 heterocycles. The second-order valence-electron chi connectivity index (χ2n) is 8.15. The van der Waals surface area contributed by atoms with Gasteiger partial charge in [-0.25, -0.2) is 9.97 Å². The molecule has 0 aromatic carbocycles. The highest BCUT2D eigenvalue weighted by molar-refractivity contribution is 9.10. The number of thiophene rings is 1. The zero-order chi connectivity index (χ0) is 23.8. The Morgan fingerprint density at radius 3 is 2.64 bits per heavy atom. The summed E-state index contributed by atoms with van der Waals surface area (Å²) in [6, 6.07) is 4.01. The minimum absolute atomic E-state index is 0.0498. The summed E-state index contributed by atoms with van der Waals surface area (Å²) in [5.74, 6) is 0.936. The van der Waals surface area contributed by atoms with Gasteiger partial charge in [0.1, 0.15) is 17.8 Å². The minimum Gasteiger partial charge on any atom is -0.352 e. The smallest absolute Gasteiger partial charge is 0.264 e. The molecule has 2 N–H and O–H groups in total. The molecule has 2 aliphatic rings. The van der Waals surface area contributed by atoms with Crippen molar-refractivity contribution in [1.82, 2.24) is 19.9 Å². The molecule has 0 unspecified atom stereocenters. The summed E-state index contributed by atoms with van der Waals surface area (Å²) < 4.78 is 28.0. The number of nitrogens with zero attached hydrogens (tertiary/aromatic N) is 4. The molecule has 33 heavy (non-hydrogen) atoms. The summed E-state index contributed by atoms with van der Waals surface area (Å²) >= 11 is 5.20. The molecule has 3 aromatic heterocycles. The minimum atomic E-state index is -3.66. The zero-order valence-corrected chi connectivity index (χ0v) is 21.6. The van der Waals surface area contributed by atoms with Crippen LogP contribution in [0.2, 0.25) is 0 Å². The third-order valence-corrected chi connectivity index (χ3v) is 8.98. The highest BCUT2D eigenvalue weighted by Crippen LogP contribution is 2.46. The van der Waals surface area contributed by atoms with Gasteiger partial charge in [0.05, 0.1) is 21.6 Å². The highest BCUT2D eigenvalue weighted by Gasteiger charge is 2.53. The van der Waals surface area contributed by atoms with Crippen molar-refractivity contribution in [3.05, 3.63) is 38.9 Å². The SMILES string of the molecule is CCS(=O)(=O)O.CCc1sc(C(=O)N2CCN(c3ncnc4[nH]ccc34)CC23CC3)cc1Br. The quantitative estimate of drug-likeness (QED) is 0.470. The van der Waals surface area contributed by atoms with Crippen molar-refractivity contribution in [1.29, 1.82) is 0 Å². The van der Waals surface area contributed by atoms with Crippen molar-refractivity contribution < 1.29 is 17.8 Å². The molecule has 1 saturated carbocycles. The van der Waals surface area contributed by atoms with Gasteiger partial charge < -0.3 is 14.8 Å². The predicted octanol–water partition coefficient (Wildman–Crippen LogP) is 3.73. The van der Waals surface area contributed by atoms with Gasteiger partial charge in [-0.05, 0) is 54.2 Å². The third kappa shape index (κ3) is 5.08. The van der Waals surface area contributed by atoms with E-state index in [0.29, 0.717) is 0 Å². The maximum absolute atomic E-state index is 13.2. The van der Waals surface area contributed by atoms with Gasteiger partial charge in [-0.1, -0.05) is 6.92 Å². The molecule has 3 aromatic rings. The monoisotopic (exact) mass is 555 g/mol. The van der Waals surface area contributed by atoms with Gasteiger partial charge in [-0.3, -0.25) is 9.35 Å². The van der Waals surface area contributed by atoms with Crippen LogP contribution in [-0.4, -0.2) is 69.7 Å². The third-order valence-electron chi connectivity index (χ3n) is 6.01. The molecule has 1 aliphatic carbocycles. The second kappa shape index (κ2) is 9.32. The van der Waals surface area contributed by atoms with E-state index in [0.717, 1.165) is 65.1 Å². The molecule has 1 spiro atoms. The molecule has 1 saturated heterocycles. The molecule has 12 heteroatoms. The first-order valence-corrected chi connectivity index (χ1v) is 14.0. The molecule has 5 rings (SSSR count). The van der Waals surface area contributed by atoms with Crippen LogP contribution in [0.4, 0.5) is 5.82 Å². The van der Waals surface area contributed by atoms with Crippen LogP contribution in [0, 0.1) is 0 Å². The van der Waals surface area contributed by atoms with Gasteiger partial charge in [0.25, 0.3) is 16.0 Å². The number of aromatic amines is 1. The average molecular weight is 557 g/mol. The number of piperazine rings is 1. The molecule has 178 valence electrons. The number of aromatic nitrogens is 3. The molecule has 2 fully saturated rings. The van der Waals surface area contributed by atoms with Crippen molar-refractivity contribution in [2.24, 2.45) is 0 Å². The maximum atomic E-state index is 13.2. The number of anilines is 1. The predicted molar refractivity (Wildman–Crippen MR) is 133 cm³/mol. The standard InChI is InChI=1S/C19H20BrN5OS.C2H6O3S/c1-2-14-13(20)9-15(27-14)18(26)25-8-7-24(10-19(25)4-5-19)17-12-3-6-21-16(12)22-11-23-17;1-2-6(3,4)5/h3,6,9,11H,2,4-5,7-8,10H2,1H3,(H,21,22,23);2H2,1H3,(H,3,4,5). The fraction of sp³-hybridized carbons (Fsp3) is 0.476. The first kappa shape index (κ1) is 24.1. The van der Waals surface area contributed by atoms with Crippen molar-refractivity contribution >= 4 is 60.1 Å². The van der Waals surface area contributed by atoms with Gasteiger partial charge in [0.2, 0.25) is 0 Å². The van der Waals surface area contributed by atoms with Crippen LogP contribution in [0.25, 0.3) is 11.0 Å². The summed E-state index contributed by atoms with van der Waals surface area (Å²) in [5, 5.41) is 1.04. The lowest BCUT2D eigenvalue weighted by Gasteiger charge is -2.42. The number of nitrogens with one attached hydrogen (secondary N) is 1. The number of fused-ring (bicyclic) bond motifs is 1. The molecule has 0 radical (unpaired) electrons. The number of H-pyrrole nitrogens is 1. The van der Waals surface area contributed by atoms with Crippen molar-refractivity contribution in [3.8, 4) is 0 Å². The van der Waals surface area contributed by atoms with Crippen molar-refractivity contribution in [2.75, 3.05) is 30.3 Å². The van der Waals surface area contributed by atoms with Crippen LogP contribution in [0.5, 0.6) is 0 Å². The van der Waals surface area contributed by atoms with Gasteiger partial charge in [-0.15, -0.1) is 11.3 Å². The Labute approximate surface area is 205 Å². The largest absolute Gasteiger partial charge is 0.352 e. The van der Waals surface area contributed by atoms with Crippen LogP contribution in [0.3, 0.4) is 0 Å². The second-order valence-corrected chi connectivity index (χ2v) is 11.9. The number of rotatable bonds is 4. The Kier molecular flexibility index (Phi) is 6.81. The van der Waals surface area contributed by atoms with Crippen LogP contribution in [0.15, 0.2) is 29.1 Å². The van der Waals surface area contributed by atoms with Gasteiger partial charge >= 0.3 is 0 Å². The Balaban J connectivity index is 0.000000385. The van der Waals surface area contributed by atoms with Gasteiger partial charge in [0, 0.05) is 35.2 Å². The van der Waals surface area contributed by atoms with Crippen LogP contribution >= 0.6 is 27.3 Å². The van der Waals surface area contributed by atoms with E-state index >= 15 is 0 Å². The van der Waals surface area contributed by atoms with Crippen molar-refractivity contribution in [2.45, 2.75) is 38.6 Å². The first-order chi connectivity index (χ1) is 15.7. The summed E-state index contributed by atoms with van der Waals surface area (Å²) in [5.41, 5.74) is 0.810. The molecular weight excluding hydrogens is 530 g/mol. The molecule has 1 amide bonds. The number of amides is 1. The topological polar surface area (TPSA) is 119 Å². The van der Waals surface area contributed by atoms with E-state index in [1.54, 1.807) is 17.7 Å². The number of aryl methyl sites for hydroxylation is 1. The summed E-state index contributed by atoms with van der Waals surface area (Å²) in [6.45, 7) is 5.84. The number of carbonyl (C=O) groups excluding carboxylic acids is 1. The molecular formula is C21H26BrN5O4S2. The van der Waals surface area contributed by atoms with Gasteiger partial charge in [0.15, 0.2) is 0 Å². The van der Waals surface area contributed by atoms with E-state index in [-0.39, 0.29) is 17.2 Å². The van der Waals surface area contributed by atoms with E-state index in [4.69, 9.17) is 4.55 Å². The van der Waals surface area contributed by atoms with Crippen LogP contribution in [-0.2, 0) is 16.5 Å². The van der Waals surface area contributed by atoms with E-state index < -0.39 is 10.1 Å². The number of carbonyl (C=O) groups is 1. The van der Waals surface area contributed by atoms with E-state index in [1.807, 2.05) is 18.3 Å². The summed E-state index contributed by atoms with van der Waals surface area (Å²) in [7, 11) is -3.66. The molecule has 0 atom stereocenters. The summed E-state index contributed by atoms with van der Waals surface area (Å²) in [4.78, 5) is 31.7. The fourth-order valence-corrected chi connectivity index (χ4v) is 5.89. The molecule has 1 aliphatic heterocycles. The van der Waals surface area contributed by atoms with Crippen LogP contribution in [0.1, 0.15) is 41.2 Å². The Bertz CT molecular complexity index is 1270. The molecule has 9 nitrogen and oxygen atoms in total. The first-order valence-electron chi connectivity index (χ1n) is 10.8. The fourth-order valence-electron chi connectivity index (χ4n) is 4.04. The number of hydrogen-bond acceptors (Lipinski definition) is 7. The average Bonchev–Trinajstić information content (AvgIpc) is 3.21. The molecule has 0 bridgehead atoms. The number of hydrogen-bond donors (Lipinski definition) is 2. The highest BCUT2D eigenvalue weighted by atomic mass is 79.9. The normalized spacial score (nSPS) is 17.2. The van der Waals surface area contributed by atoms with Crippen LogP contribution < -0.4 is 4.90 Å². The Morgan fingerprint density at radius 1 is 1.30 bits per heavy atom. The number of halogens is 1.